The molecule has 0 aromatic carbocycles. The predicted octanol–water partition coefficient (Wildman–Crippen LogP) is 0.204. The largest absolute Gasteiger partial charge is 0.311 e. The van der Waals surface area contributed by atoms with Gasteiger partial charge in [-0.1, -0.05) is 0 Å². The van der Waals surface area contributed by atoms with Gasteiger partial charge >= 0.3 is 0 Å². The quantitative estimate of drug-likeness (QED) is 0.757. The third-order valence-electron chi connectivity index (χ3n) is 4.74. The summed E-state index contributed by atoms with van der Waals surface area (Å²) in [6.07, 6.45) is 8.32. The van der Waals surface area contributed by atoms with Crippen molar-refractivity contribution in [3.8, 4) is 0 Å². The molecule has 1 aromatic heterocycles. The van der Waals surface area contributed by atoms with Crippen LogP contribution in [-0.2, 0) is 23.3 Å². The third kappa shape index (κ3) is 3.88. The SMILES string of the molecule is Cn1cc(CCCNC2CS(=O)(=O)CC2N2CCCC2)cn1. The van der Waals surface area contributed by atoms with Crippen LogP contribution in [0.15, 0.2) is 12.4 Å². The monoisotopic (exact) mass is 326 g/mol. The molecular formula is C15H26N4O2S. The van der Waals surface area contributed by atoms with Gasteiger partial charge in [-0.05, 0) is 50.9 Å². The number of hydrogen-bond acceptors (Lipinski definition) is 5. The number of rotatable bonds is 6. The summed E-state index contributed by atoms with van der Waals surface area (Å²) in [6.45, 7) is 2.96. The van der Waals surface area contributed by atoms with E-state index in [2.05, 4.69) is 15.3 Å². The minimum Gasteiger partial charge on any atom is -0.311 e. The molecule has 2 unspecified atom stereocenters. The average Bonchev–Trinajstić information content (AvgIpc) is 3.15. The topological polar surface area (TPSA) is 67.2 Å². The van der Waals surface area contributed by atoms with Crippen LogP contribution in [0.5, 0.6) is 0 Å². The number of nitrogens with one attached hydrogen (secondary N) is 1. The summed E-state index contributed by atoms with van der Waals surface area (Å²) < 4.78 is 25.8. The van der Waals surface area contributed by atoms with E-state index in [1.807, 2.05) is 24.1 Å². The van der Waals surface area contributed by atoms with E-state index in [0.717, 1.165) is 32.5 Å². The van der Waals surface area contributed by atoms with Crippen molar-refractivity contribution >= 4 is 9.84 Å². The number of sulfone groups is 1. The summed E-state index contributed by atoms with van der Waals surface area (Å²) in [7, 11) is -0.963. The summed E-state index contributed by atoms with van der Waals surface area (Å²) in [5, 5.41) is 7.66. The molecule has 0 saturated carbocycles. The van der Waals surface area contributed by atoms with Crippen LogP contribution >= 0.6 is 0 Å². The summed E-state index contributed by atoms with van der Waals surface area (Å²) in [4.78, 5) is 2.36. The second kappa shape index (κ2) is 6.68. The lowest BCUT2D eigenvalue weighted by Crippen LogP contribution is -2.48. The second-order valence-corrected chi connectivity index (χ2v) is 8.73. The highest BCUT2D eigenvalue weighted by Crippen LogP contribution is 2.22. The van der Waals surface area contributed by atoms with Gasteiger partial charge in [0.05, 0.1) is 17.7 Å². The second-order valence-electron chi connectivity index (χ2n) is 6.57. The van der Waals surface area contributed by atoms with Gasteiger partial charge in [0.1, 0.15) is 0 Å². The minimum atomic E-state index is -2.89. The summed E-state index contributed by atoms with van der Waals surface area (Å²) in [5.41, 5.74) is 1.24. The Balaban J connectivity index is 1.49. The highest BCUT2D eigenvalue weighted by Gasteiger charge is 2.41. The van der Waals surface area contributed by atoms with E-state index >= 15 is 0 Å². The van der Waals surface area contributed by atoms with E-state index in [0.29, 0.717) is 11.5 Å². The van der Waals surface area contributed by atoms with E-state index in [1.165, 1.54) is 18.4 Å². The van der Waals surface area contributed by atoms with Gasteiger partial charge in [-0.2, -0.15) is 5.10 Å². The van der Waals surface area contributed by atoms with Crippen LogP contribution < -0.4 is 5.32 Å². The number of nitrogens with zero attached hydrogens (tertiary/aromatic N) is 3. The number of aryl methyl sites for hydroxylation is 2. The van der Waals surface area contributed by atoms with Gasteiger partial charge in [-0.3, -0.25) is 9.58 Å². The van der Waals surface area contributed by atoms with Gasteiger partial charge in [-0.15, -0.1) is 0 Å². The molecule has 3 rings (SSSR count). The molecule has 1 N–H and O–H groups in total. The van der Waals surface area contributed by atoms with Crippen molar-refractivity contribution in [2.75, 3.05) is 31.1 Å². The molecule has 0 radical (unpaired) electrons. The molecule has 2 aliphatic heterocycles. The summed E-state index contributed by atoms with van der Waals surface area (Å²) in [6, 6.07) is 0.267. The zero-order valence-corrected chi connectivity index (χ0v) is 14.1. The molecule has 0 spiro atoms. The van der Waals surface area contributed by atoms with Gasteiger partial charge < -0.3 is 5.32 Å². The smallest absolute Gasteiger partial charge is 0.153 e. The lowest BCUT2D eigenvalue weighted by Gasteiger charge is -2.28. The maximum Gasteiger partial charge on any atom is 0.153 e. The molecule has 22 heavy (non-hydrogen) atoms. The van der Waals surface area contributed by atoms with Crippen molar-refractivity contribution in [1.29, 1.82) is 0 Å². The van der Waals surface area contributed by atoms with Crippen molar-refractivity contribution < 1.29 is 8.42 Å². The fourth-order valence-corrected chi connectivity index (χ4v) is 5.62. The van der Waals surface area contributed by atoms with E-state index in [-0.39, 0.29) is 12.1 Å². The Morgan fingerprint density at radius 1 is 1.32 bits per heavy atom. The lowest BCUT2D eigenvalue weighted by molar-refractivity contribution is 0.226. The first kappa shape index (κ1) is 16.0. The van der Waals surface area contributed by atoms with Crippen molar-refractivity contribution in [2.24, 2.45) is 7.05 Å². The highest BCUT2D eigenvalue weighted by atomic mass is 32.2. The normalized spacial score (nSPS) is 28.4. The van der Waals surface area contributed by atoms with Crippen molar-refractivity contribution in [3.05, 3.63) is 18.0 Å². The Kier molecular flexibility index (Phi) is 4.84. The molecule has 2 aliphatic rings. The maximum absolute atomic E-state index is 12.0. The van der Waals surface area contributed by atoms with Crippen LogP contribution in [0, 0.1) is 0 Å². The van der Waals surface area contributed by atoms with Crippen LogP contribution in [0.3, 0.4) is 0 Å². The molecule has 0 aliphatic carbocycles. The van der Waals surface area contributed by atoms with Crippen LogP contribution in [0.25, 0.3) is 0 Å². The molecule has 2 atom stereocenters. The number of likely N-dealkylation sites (tertiary alicyclic amines) is 1. The summed E-state index contributed by atoms with van der Waals surface area (Å²) >= 11 is 0. The van der Waals surface area contributed by atoms with E-state index in [4.69, 9.17) is 0 Å². The van der Waals surface area contributed by atoms with Crippen molar-refractivity contribution in [1.82, 2.24) is 20.0 Å². The molecule has 3 heterocycles. The van der Waals surface area contributed by atoms with Crippen molar-refractivity contribution in [3.63, 3.8) is 0 Å². The standard InChI is InChI=1S/C15H26N4O2S/c1-18-10-13(9-17-18)5-4-6-16-14-11-22(20,21)12-15(14)19-7-2-3-8-19/h9-10,14-16H,2-8,11-12H2,1H3. The zero-order valence-electron chi connectivity index (χ0n) is 13.2. The zero-order chi connectivity index (χ0) is 15.6. The van der Waals surface area contributed by atoms with Crippen LogP contribution in [0.2, 0.25) is 0 Å². The average molecular weight is 326 g/mol. The van der Waals surface area contributed by atoms with Gasteiger partial charge in [0, 0.05) is 25.3 Å². The molecule has 1 aromatic rings. The van der Waals surface area contributed by atoms with Gasteiger partial charge in [0.2, 0.25) is 0 Å². The van der Waals surface area contributed by atoms with Gasteiger partial charge in [-0.25, -0.2) is 8.42 Å². The summed E-state index contributed by atoms with van der Waals surface area (Å²) in [5.74, 6) is 0.619. The predicted molar refractivity (Wildman–Crippen MR) is 86.6 cm³/mol. The molecule has 2 fully saturated rings. The van der Waals surface area contributed by atoms with E-state index in [9.17, 15) is 8.42 Å². The first-order valence-electron chi connectivity index (χ1n) is 8.19. The Bertz CT molecular complexity index is 592. The molecule has 0 amide bonds. The Hall–Kier alpha value is -0.920. The molecular weight excluding hydrogens is 300 g/mol. The van der Waals surface area contributed by atoms with Crippen LogP contribution in [0.1, 0.15) is 24.8 Å². The molecule has 2 saturated heterocycles. The molecule has 0 bridgehead atoms. The maximum atomic E-state index is 12.0. The first-order valence-corrected chi connectivity index (χ1v) is 10.0. The lowest BCUT2D eigenvalue weighted by atomic mass is 10.1. The van der Waals surface area contributed by atoms with Gasteiger partial charge in [0.25, 0.3) is 0 Å². The minimum absolute atomic E-state index is 0.0944. The van der Waals surface area contributed by atoms with E-state index < -0.39 is 9.84 Å². The Morgan fingerprint density at radius 3 is 2.77 bits per heavy atom. The molecule has 7 heteroatoms. The van der Waals surface area contributed by atoms with Crippen LogP contribution in [0.4, 0.5) is 0 Å². The third-order valence-corrected chi connectivity index (χ3v) is 6.46. The Morgan fingerprint density at radius 2 is 2.09 bits per heavy atom. The Labute approximate surface area is 132 Å². The van der Waals surface area contributed by atoms with Gasteiger partial charge in [0.15, 0.2) is 9.84 Å². The fraction of sp³-hybridized carbons (Fsp3) is 0.800. The van der Waals surface area contributed by atoms with Crippen LogP contribution in [-0.4, -0.2) is 66.3 Å². The number of aromatic nitrogens is 2. The number of hydrogen-bond donors (Lipinski definition) is 1. The highest BCUT2D eigenvalue weighted by molar-refractivity contribution is 7.91. The molecule has 124 valence electrons. The molecule has 6 nitrogen and oxygen atoms in total. The first-order chi connectivity index (χ1) is 10.5. The fourth-order valence-electron chi connectivity index (χ4n) is 3.64. The van der Waals surface area contributed by atoms with Crippen molar-refractivity contribution in [2.45, 2.75) is 37.8 Å². The van der Waals surface area contributed by atoms with E-state index in [1.54, 1.807) is 0 Å².